The van der Waals surface area contributed by atoms with Crippen molar-refractivity contribution in [1.82, 2.24) is 4.90 Å². The zero-order valence-corrected chi connectivity index (χ0v) is 19.7. The number of Topliss-reactive ketones (excluding diaryl/α,β-unsaturated/α-hetero) is 1. The molecular formula is C27H34N2O5. The molecule has 7 nitrogen and oxygen atoms in total. The minimum Gasteiger partial charge on any atom is -0.508 e. The first-order valence-corrected chi connectivity index (χ1v) is 11.9. The van der Waals surface area contributed by atoms with Crippen molar-refractivity contribution in [2.24, 2.45) is 10.9 Å². The highest BCUT2D eigenvalue weighted by Crippen LogP contribution is 2.25. The smallest absolute Gasteiger partial charge is 0.245 e. The number of aromatic hydroxyl groups is 1. The van der Waals surface area contributed by atoms with Gasteiger partial charge in [-0.15, -0.1) is 0 Å². The van der Waals surface area contributed by atoms with Gasteiger partial charge in [0, 0.05) is 37.1 Å². The summed E-state index contributed by atoms with van der Waals surface area (Å²) in [5.74, 6) is 0.311. The highest BCUT2D eigenvalue weighted by molar-refractivity contribution is 5.96. The number of likely N-dealkylation sites (tertiary alicyclic amines) is 1. The molecule has 2 aromatic carbocycles. The molecule has 1 aliphatic heterocycles. The Bertz CT molecular complexity index is 950. The van der Waals surface area contributed by atoms with Crippen LogP contribution in [0.15, 0.2) is 53.5 Å². The molecule has 7 heteroatoms. The molecular weight excluding hydrogens is 432 g/mol. The van der Waals surface area contributed by atoms with Gasteiger partial charge in [-0.25, -0.2) is 4.99 Å². The summed E-state index contributed by atoms with van der Waals surface area (Å²) >= 11 is 0. The minimum absolute atomic E-state index is 0.0429. The lowest BCUT2D eigenvalue weighted by molar-refractivity contribution is -0.117. The van der Waals surface area contributed by atoms with Gasteiger partial charge in [0.2, 0.25) is 5.91 Å². The van der Waals surface area contributed by atoms with Crippen molar-refractivity contribution in [1.29, 1.82) is 0 Å². The molecule has 1 heterocycles. The summed E-state index contributed by atoms with van der Waals surface area (Å²) < 4.78 is 5.10. The Morgan fingerprint density at radius 2 is 1.68 bits per heavy atom. The average Bonchev–Trinajstić information content (AvgIpc) is 3.37. The van der Waals surface area contributed by atoms with E-state index in [0.717, 1.165) is 25.9 Å². The van der Waals surface area contributed by atoms with Crippen molar-refractivity contribution >= 4 is 17.9 Å². The van der Waals surface area contributed by atoms with E-state index in [1.54, 1.807) is 61.9 Å². The molecule has 0 radical (unpaired) electrons. The standard InChI is InChI=1S/C27H34N2O5/c1-34-24-14-10-20(11-15-24)25(31)6-2-3-7-26(32)28-18-22(19-29-16-4-5-17-29)27(33)21-8-12-23(30)13-9-21/h8-15,18,22,27,30,33H,2-7,16-17,19H2,1H3/t22?,27-/m1/s1. The molecule has 2 aromatic rings. The Morgan fingerprint density at radius 1 is 1.03 bits per heavy atom. The first kappa shape index (κ1) is 25.6. The lowest BCUT2D eigenvalue weighted by atomic mass is 9.96. The van der Waals surface area contributed by atoms with E-state index in [2.05, 4.69) is 9.89 Å². The van der Waals surface area contributed by atoms with E-state index in [1.807, 2.05) is 0 Å². The number of aliphatic imine (C=N–C) groups is 1. The maximum atomic E-state index is 12.3. The monoisotopic (exact) mass is 466 g/mol. The summed E-state index contributed by atoms with van der Waals surface area (Å²) in [6.45, 7) is 2.57. The molecule has 1 aliphatic rings. The lowest BCUT2D eigenvalue weighted by Gasteiger charge is -2.25. The second kappa shape index (κ2) is 13.0. The number of aliphatic hydroxyl groups excluding tert-OH is 1. The number of phenolic OH excluding ortho intramolecular Hbond substituents is 1. The number of ketones is 1. The number of carbonyl (C=O) groups excluding carboxylic acids is 2. The van der Waals surface area contributed by atoms with Gasteiger partial charge in [0.25, 0.3) is 0 Å². The second-order valence-electron chi connectivity index (χ2n) is 8.74. The van der Waals surface area contributed by atoms with Crippen LogP contribution < -0.4 is 4.74 Å². The van der Waals surface area contributed by atoms with Crippen molar-refractivity contribution in [3.63, 3.8) is 0 Å². The number of aliphatic hydroxyl groups is 1. The van der Waals surface area contributed by atoms with Crippen LogP contribution in [0.2, 0.25) is 0 Å². The topological polar surface area (TPSA) is 99.4 Å². The molecule has 0 aliphatic carbocycles. The van der Waals surface area contributed by atoms with Crippen LogP contribution in [-0.4, -0.2) is 59.8 Å². The summed E-state index contributed by atoms with van der Waals surface area (Å²) in [4.78, 5) is 31.0. The Morgan fingerprint density at radius 3 is 2.32 bits per heavy atom. The number of benzene rings is 2. The molecule has 182 valence electrons. The third kappa shape index (κ3) is 7.78. The predicted molar refractivity (Wildman–Crippen MR) is 132 cm³/mol. The van der Waals surface area contributed by atoms with Crippen molar-refractivity contribution in [3.8, 4) is 11.5 Å². The number of methoxy groups -OCH3 is 1. The molecule has 2 atom stereocenters. The number of phenols is 1. The molecule has 1 saturated heterocycles. The van der Waals surface area contributed by atoms with Gasteiger partial charge in [-0.1, -0.05) is 12.1 Å². The van der Waals surface area contributed by atoms with Gasteiger partial charge < -0.3 is 19.8 Å². The van der Waals surface area contributed by atoms with E-state index in [0.29, 0.717) is 42.7 Å². The van der Waals surface area contributed by atoms with E-state index in [9.17, 15) is 19.8 Å². The van der Waals surface area contributed by atoms with Crippen LogP contribution >= 0.6 is 0 Å². The number of unbranched alkanes of at least 4 members (excludes halogenated alkanes) is 1. The lowest BCUT2D eigenvalue weighted by Crippen LogP contribution is -2.31. The van der Waals surface area contributed by atoms with Gasteiger partial charge in [-0.05, 0) is 80.7 Å². The van der Waals surface area contributed by atoms with Crippen LogP contribution in [0.5, 0.6) is 11.5 Å². The molecule has 34 heavy (non-hydrogen) atoms. The Kier molecular flexibility index (Phi) is 9.79. The third-order valence-electron chi connectivity index (χ3n) is 6.17. The number of ether oxygens (including phenoxy) is 1. The van der Waals surface area contributed by atoms with E-state index >= 15 is 0 Å². The molecule has 1 amide bonds. The van der Waals surface area contributed by atoms with Crippen LogP contribution in [0.3, 0.4) is 0 Å². The molecule has 1 unspecified atom stereocenters. The summed E-state index contributed by atoms with van der Waals surface area (Å²) in [5.41, 5.74) is 1.32. The number of hydrogen-bond acceptors (Lipinski definition) is 6. The number of hydrogen-bond donors (Lipinski definition) is 2. The highest BCUT2D eigenvalue weighted by Gasteiger charge is 2.24. The van der Waals surface area contributed by atoms with Gasteiger partial charge in [0.15, 0.2) is 5.78 Å². The van der Waals surface area contributed by atoms with Crippen LogP contribution in [0.1, 0.15) is 60.6 Å². The quantitative estimate of drug-likeness (QED) is 0.276. The molecule has 0 spiro atoms. The summed E-state index contributed by atoms with van der Waals surface area (Å²) in [6, 6.07) is 13.5. The Hall–Kier alpha value is -3.03. The van der Waals surface area contributed by atoms with Gasteiger partial charge in [0.05, 0.1) is 13.2 Å². The fraction of sp³-hybridized carbons (Fsp3) is 0.444. The zero-order chi connectivity index (χ0) is 24.3. The largest absolute Gasteiger partial charge is 0.508 e. The minimum atomic E-state index is -0.820. The van der Waals surface area contributed by atoms with Gasteiger partial charge in [-0.3, -0.25) is 9.59 Å². The molecule has 2 N–H and O–H groups in total. The molecule has 0 aromatic heterocycles. The molecule has 1 fully saturated rings. The average molecular weight is 467 g/mol. The van der Waals surface area contributed by atoms with Crippen LogP contribution in [0.4, 0.5) is 0 Å². The number of amides is 1. The molecule has 3 rings (SSSR count). The van der Waals surface area contributed by atoms with E-state index in [1.165, 1.54) is 0 Å². The van der Waals surface area contributed by atoms with Crippen molar-refractivity contribution < 1.29 is 24.5 Å². The molecule has 0 saturated carbocycles. The zero-order valence-electron chi connectivity index (χ0n) is 19.7. The Balaban J connectivity index is 1.49. The SMILES string of the molecule is COc1ccc(C(=O)CCCCC(=O)N=CC(CN2CCCC2)[C@H](O)c2ccc(O)cc2)cc1. The van der Waals surface area contributed by atoms with Crippen LogP contribution in [0, 0.1) is 5.92 Å². The highest BCUT2D eigenvalue weighted by atomic mass is 16.5. The third-order valence-corrected chi connectivity index (χ3v) is 6.17. The number of rotatable bonds is 12. The first-order chi connectivity index (χ1) is 16.5. The van der Waals surface area contributed by atoms with Gasteiger partial charge >= 0.3 is 0 Å². The predicted octanol–water partition coefficient (Wildman–Crippen LogP) is 4.19. The normalized spacial score (nSPS) is 15.9. The first-order valence-electron chi connectivity index (χ1n) is 11.9. The second-order valence-corrected chi connectivity index (χ2v) is 8.74. The van der Waals surface area contributed by atoms with Gasteiger partial charge in [-0.2, -0.15) is 0 Å². The van der Waals surface area contributed by atoms with Crippen molar-refractivity contribution in [2.75, 3.05) is 26.7 Å². The van der Waals surface area contributed by atoms with Crippen molar-refractivity contribution in [3.05, 3.63) is 59.7 Å². The summed E-state index contributed by atoms with van der Waals surface area (Å²) in [6.07, 6.45) is 4.84. The fourth-order valence-electron chi connectivity index (χ4n) is 4.14. The van der Waals surface area contributed by atoms with Crippen molar-refractivity contribution in [2.45, 2.75) is 44.6 Å². The van der Waals surface area contributed by atoms with E-state index < -0.39 is 6.10 Å². The van der Waals surface area contributed by atoms with Crippen LogP contribution in [-0.2, 0) is 4.79 Å². The van der Waals surface area contributed by atoms with Crippen LogP contribution in [0.25, 0.3) is 0 Å². The number of carbonyl (C=O) groups is 2. The fourth-order valence-corrected chi connectivity index (χ4v) is 4.14. The Labute approximate surface area is 201 Å². The van der Waals surface area contributed by atoms with E-state index in [4.69, 9.17) is 4.74 Å². The summed E-state index contributed by atoms with van der Waals surface area (Å²) in [7, 11) is 1.58. The maximum Gasteiger partial charge on any atom is 0.245 e. The number of nitrogens with zero attached hydrogens (tertiary/aromatic N) is 2. The maximum absolute atomic E-state index is 12.3. The van der Waals surface area contributed by atoms with E-state index in [-0.39, 0.29) is 29.8 Å². The molecule has 0 bridgehead atoms. The van der Waals surface area contributed by atoms with Gasteiger partial charge in [0.1, 0.15) is 11.5 Å². The summed E-state index contributed by atoms with van der Waals surface area (Å²) in [5, 5.41) is 20.4.